The molecule has 146 valence electrons. The fourth-order valence-corrected chi connectivity index (χ4v) is 3.60. The van der Waals surface area contributed by atoms with Gasteiger partial charge in [0.1, 0.15) is 5.75 Å². The number of benzene rings is 2. The van der Waals surface area contributed by atoms with E-state index >= 15 is 0 Å². The third-order valence-corrected chi connectivity index (χ3v) is 5.04. The summed E-state index contributed by atoms with van der Waals surface area (Å²) in [5.74, 6) is 0.718. The van der Waals surface area contributed by atoms with Crippen LogP contribution in [0.1, 0.15) is 31.4 Å². The summed E-state index contributed by atoms with van der Waals surface area (Å²) in [5.41, 5.74) is 2.75. The quantitative estimate of drug-likeness (QED) is 0.604. The van der Waals surface area contributed by atoms with Gasteiger partial charge in [-0.2, -0.15) is 0 Å². The van der Waals surface area contributed by atoms with Gasteiger partial charge >= 0.3 is 0 Å². The van der Waals surface area contributed by atoms with E-state index in [1.807, 2.05) is 49.4 Å². The molecule has 3 rings (SSSR count). The zero-order chi connectivity index (χ0) is 19.9. The molecular weight excluding hydrogens is 374 g/mol. The first-order valence-electron chi connectivity index (χ1n) is 9.25. The number of thiazole rings is 1. The van der Waals surface area contributed by atoms with Gasteiger partial charge in [0, 0.05) is 13.0 Å². The summed E-state index contributed by atoms with van der Waals surface area (Å²) >= 11 is 1.41. The molecular formula is C21H23N3O3S. The summed E-state index contributed by atoms with van der Waals surface area (Å²) in [6.07, 6.45) is 0.706. The van der Waals surface area contributed by atoms with Crippen molar-refractivity contribution in [2.45, 2.75) is 33.2 Å². The fraction of sp³-hybridized carbons (Fsp3) is 0.286. The second-order valence-electron chi connectivity index (χ2n) is 6.25. The molecule has 28 heavy (non-hydrogen) atoms. The van der Waals surface area contributed by atoms with E-state index in [0.29, 0.717) is 31.1 Å². The van der Waals surface area contributed by atoms with Crippen LogP contribution in [0.25, 0.3) is 10.2 Å². The highest BCUT2D eigenvalue weighted by Gasteiger charge is 2.09. The molecule has 7 heteroatoms. The number of nitrogens with one attached hydrogen (secondary N) is 2. The van der Waals surface area contributed by atoms with E-state index in [1.165, 1.54) is 11.3 Å². The summed E-state index contributed by atoms with van der Waals surface area (Å²) in [6.45, 7) is 4.85. The number of anilines is 1. The van der Waals surface area contributed by atoms with Crippen molar-refractivity contribution in [3.05, 3.63) is 53.6 Å². The second-order valence-corrected chi connectivity index (χ2v) is 7.28. The molecule has 6 nitrogen and oxygen atoms in total. The number of nitrogens with zero attached hydrogens (tertiary/aromatic N) is 1. The molecule has 0 aliphatic rings. The van der Waals surface area contributed by atoms with Crippen molar-refractivity contribution in [1.29, 1.82) is 0 Å². The van der Waals surface area contributed by atoms with Crippen LogP contribution >= 0.6 is 11.3 Å². The highest BCUT2D eigenvalue weighted by molar-refractivity contribution is 7.22. The van der Waals surface area contributed by atoms with Crippen molar-refractivity contribution in [1.82, 2.24) is 10.3 Å². The lowest BCUT2D eigenvalue weighted by molar-refractivity contribution is -0.120. The monoisotopic (exact) mass is 397 g/mol. The minimum Gasteiger partial charge on any atom is -0.494 e. The summed E-state index contributed by atoms with van der Waals surface area (Å²) in [6, 6.07) is 13.4. The van der Waals surface area contributed by atoms with Crippen LogP contribution in [-0.2, 0) is 22.6 Å². The van der Waals surface area contributed by atoms with Crippen LogP contribution in [0.5, 0.6) is 5.75 Å². The minimum atomic E-state index is -0.0621. The lowest BCUT2D eigenvalue weighted by atomic mass is 10.1. The number of carbonyl (C=O) groups is 2. The zero-order valence-electron chi connectivity index (χ0n) is 16.0. The maximum Gasteiger partial charge on any atom is 0.225 e. The first-order valence-corrected chi connectivity index (χ1v) is 10.1. The molecule has 1 heterocycles. The molecule has 0 saturated heterocycles. The van der Waals surface area contributed by atoms with Gasteiger partial charge in [-0.05, 0) is 42.3 Å². The van der Waals surface area contributed by atoms with Crippen LogP contribution in [0.4, 0.5) is 5.13 Å². The second kappa shape index (κ2) is 9.32. The summed E-state index contributed by atoms with van der Waals surface area (Å²) in [5, 5.41) is 6.29. The Morgan fingerprint density at radius 3 is 2.50 bits per heavy atom. The van der Waals surface area contributed by atoms with E-state index in [2.05, 4.69) is 15.6 Å². The third-order valence-electron chi connectivity index (χ3n) is 4.11. The van der Waals surface area contributed by atoms with E-state index < -0.39 is 0 Å². The fourth-order valence-electron chi connectivity index (χ4n) is 2.66. The van der Waals surface area contributed by atoms with Crippen LogP contribution in [0.2, 0.25) is 0 Å². The van der Waals surface area contributed by atoms with Crippen molar-refractivity contribution in [3.8, 4) is 5.75 Å². The summed E-state index contributed by atoms with van der Waals surface area (Å²) < 4.78 is 6.36. The largest absolute Gasteiger partial charge is 0.494 e. The molecule has 0 spiro atoms. The van der Waals surface area contributed by atoms with Gasteiger partial charge in [-0.3, -0.25) is 9.59 Å². The van der Waals surface area contributed by atoms with Crippen LogP contribution in [0.3, 0.4) is 0 Å². The maximum atomic E-state index is 12.3. The molecule has 0 aliphatic carbocycles. The van der Waals surface area contributed by atoms with E-state index in [-0.39, 0.29) is 11.8 Å². The van der Waals surface area contributed by atoms with Crippen LogP contribution in [0.15, 0.2) is 42.5 Å². The molecule has 0 fully saturated rings. The van der Waals surface area contributed by atoms with Gasteiger partial charge in [0.05, 0.1) is 23.2 Å². The topological polar surface area (TPSA) is 80.3 Å². The summed E-state index contributed by atoms with van der Waals surface area (Å²) in [4.78, 5) is 28.2. The van der Waals surface area contributed by atoms with Gasteiger partial charge in [0.15, 0.2) is 5.13 Å². The molecule has 2 amide bonds. The smallest absolute Gasteiger partial charge is 0.225 e. The molecule has 1 aromatic heterocycles. The lowest BCUT2D eigenvalue weighted by Gasteiger charge is -2.07. The Hall–Kier alpha value is -2.93. The standard InChI is InChI=1S/C21H23N3O3S/c1-3-19(25)24-21-23-17-10-7-15(11-18(17)28-21)12-20(26)22-13-14-5-8-16(9-6-14)27-4-2/h5-11H,3-4,12-13H2,1-2H3,(H,22,26)(H,23,24,25). The van der Waals surface area contributed by atoms with Gasteiger partial charge in [-0.1, -0.05) is 36.5 Å². The molecule has 0 radical (unpaired) electrons. The lowest BCUT2D eigenvalue weighted by Crippen LogP contribution is -2.24. The van der Waals surface area contributed by atoms with E-state index in [0.717, 1.165) is 27.1 Å². The number of ether oxygens (including phenoxy) is 1. The molecule has 0 atom stereocenters. The van der Waals surface area contributed by atoms with Crippen molar-refractivity contribution in [2.24, 2.45) is 0 Å². The Kier molecular flexibility index (Phi) is 6.60. The van der Waals surface area contributed by atoms with Gasteiger partial charge in [-0.25, -0.2) is 4.98 Å². The predicted octanol–water partition coefficient (Wildman–Crippen LogP) is 3.90. The molecule has 2 aromatic carbocycles. The van der Waals surface area contributed by atoms with Gasteiger partial charge < -0.3 is 15.4 Å². The Labute approximate surface area is 167 Å². The number of aromatic nitrogens is 1. The average molecular weight is 398 g/mol. The molecule has 3 aromatic rings. The summed E-state index contributed by atoms with van der Waals surface area (Å²) in [7, 11) is 0. The SMILES string of the molecule is CCOc1ccc(CNC(=O)Cc2ccc3nc(NC(=O)CC)sc3c2)cc1. The van der Waals surface area contributed by atoms with Crippen molar-refractivity contribution >= 4 is 38.5 Å². The molecule has 0 bridgehead atoms. The van der Waals surface area contributed by atoms with Crippen LogP contribution in [0, 0.1) is 0 Å². The molecule has 0 aliphatic heterocycles. The van der Waals surface area contributed by atoms with Crippen LogP contribution < -0.4 is 15.4 Å². The Balaban J connectivity index is 1.57. The van der Waals surface area contributed by atoms with E-state index in [9.17, 15) is 9.59 Å². The third kappa shape index (κ3) is 5.29. The van der Waals surface area contributed by atoms with E-state index in [4.69, 9.17) is 4.74 Å². The highest BCUT2D eigenvalue weighted by Crippen LogP contribution is 2.27. The first-order chi connectivity index (χ1) is 13.6. The Morgan fingerprint density at radius 1 is 1.04 bits per heavy atom. The maximum absolute atomic E-state index is 12.3. The Morgan fingerprint density at radius 2 is 1.79 bits per heavy atom. The van der Waals surface area contributed by atoms with Crippen molar-refractivity contribution < 1.29 is 14.3 Å². The average Bonchev–Trinajstić information content (AvgIpc) is 3.09. The zero-order valence-corrected chi connectivity index (χ0v) is 16.8. The number of amides is 2. The number of rotatable bonds is 8. The van der Waals surface area contributed by atoms with Gasteiger partial charge in [0.25, 0.3) is 0 Å². The van der Waals surface area contributed by atoms with Crippen molar-refractivity contribution in [3.63, 3.8) is 0 Å². The van der Waals surface area contributed by atoms with Gasteiger partial charge in [0.2, 0.25) is 11.8 Å². The van der Waals surface area contributed by atoms with Gasteiger partial charge in [-0.15, -0.1) is 0 Å². The minimum absolute atomic E-state index is 0.0442. The predicted molar refractivity (Wildman–Crippen MR) is 112 cm³/mol. The number of hydrogen-bond acceptors (Lipinski definition) is 5. The molecule has 2 N–H and O–H groups in total. The number of carbonyl (C=O) groups excluding carboxylic acids is 2. The van der Waals surface area contributed by atoms with Crippen LogP contribution in [-0.4, -0.2) is 23.4 Å². The Bertz CT molecular complexity index is 967. The number of hydrogen-bond donors (Lipinski definition) is 2. The molecule has 0 saturated carbocycles. The van der Waals surface area contributed by atoms with Crippen molar-refractivity contribution in [2.75, 3.05) is 11.9 Å². The van der Waals surface area contributed by atoms with E-state index in [1.54, 1.807) is 6.92 Å². The number of fused-ring (bicyclic) bond motifs is 1. The molecule has 0 unspecified atom stereocenters. The highest BCUT2D eigenvalue weighted by atomic mass is 32.1. The first kappa shape index (κ1) is 19.8. The normalized spacial score (nSPS) is 10.6.